The number of aryl methyl sites for hydroxylation is 1. The molecule has 1 heterocycles. The molecule has 5 heteroatoms. The van der Waals surface area contributed by atoms with Crippen LogP contribution in [0.25, 0.3) is 11.3 Å². The molecular formula is C20H21N3O2. The van der Waals surface area contributed by atoms with Crippen molar-refractivity contribution in [3.63, 3.8) is 0 Å². The van der Waals surface area contributed by atoms with Gasteiger partial charge in [-0.05, 0) is 37.6 Å². The molecule has 0 aliphatic carbocycles. The van der Waals surface area contributed by atoms with E-state index in [-0.39, 0.29) is 5.91 Å². The highest BCUT2D eigenvalue weighted by molar-refractivity contribution is 5.93. The third-order valence-electron chi connectivity index (χ3n) is 3.86. The first-order valence-electron chi connectivity index (χ1n) is 8.28. The Morgan fingerprint density at radius 2 is 1.84 bits per heavy atom. The Labute approximate surface area is 147 Å². The zero-order chi connectivity index (χ0) is 17.6. The van der Waals surface area contributed by atoms with E-state index in [9.17, 15) is 4.79 Å². The van der Waals surface area contributed by atoms with Crippen molar-refractivity contribution in [1.82, 2.24) is 15.5 Å². The molecule has 0 saturated carbocycles. The second-order valence-corrected chi connectivity index (χ2v) is 5.79. The number of aromatic nitrogens is 2. The Morgan fingerprint density at radius 3 is 2.52 bits per heavy atom. The lowest BCUT2D eigenvalue weighted by atomic mass is 10.1. The van der Waals surface area contributed by atoms with Crippen molar-refractivity contribution in [2.75, 3.05) is 6.61 Å². The van der Waals surface area contributed by atoms with Gasteiger partial charge in [-0.15, -0.1) is 0 Å². The van der Waals surface area contributed by atoms with Gasteiger partial charge in [0.1, 0.15) is 11.4 Å². The maximum absolute atomic E-state index is 12.3. The van der Waals surface area contributed by atoms with Crippen LogP contribution in [0.15, 0.2) is 54.6 Å². The van der Waals surface area contributed by atoms with Gasteiger partial charge in [-0.3, -0.25) is 9.89 Å². The van der Waals surface area contributed by atoms with Gasteiger partial charge >= 0.3 is 0 Å². The third-order valence-corrected chi connectivity index (χ3v) is 3.86. The Hall–Kier alpha value is -3.08. The van der Waals surface area contributed by atoms with E-state index < -0.39 is 0 Å². The van der Waals surface area contributed by atoms with Crippen LogP contribution in [-0.4, -0.2) is 22.7 Å². The van der Waals surface area contributed by atoms with Crippen molar-refractivity contribution in [3.05, 3.63) is 71.4 Å². The van der Waals surface area contributed by atoms with Gasteiger partial charge in [0, 0.05) is 12.1 Å². The quantitative estimate of drug-likeness (QED) is 0.721. The molecule has 5 nitrogen and oxygen atoms in total. The van der Waals surface area contributed by atoms with Crippen molar-refractivity contribution >= 4 is 5.91 Å². The summed E-state index contributed by atoms with van der Waals surface area (Å²) in [6, 6.07) is 17.5. The zero-order valence-corrected chi connectivity index (χ0v) is 14.4. The Bertz CT molecular complexity index is 836. The fourth-order valence-electron chi connectivity index (χ4n) is 2.46. The van der Waals surface area contributed by atoms with E-state index in [2.05, 4.69) is 15.5 Å². The molecule has 0 aliphatic rings. The number of nitrogens with one attached hydrogen (secondary N) is 2. The molecule has 1 amide bonds. The molecule has 0 aliphatic heterocycles. The van der Waals surface area contributed by atoms with Gasteiger partial charge in [0.25, 0.3) is 5.91 Å². The van der Waals surface area contributed by atoms with E-state index in [0.29, 0.717) is 18.8 Å². The molecule has 128 valence electrons. The summed E-state index contributed by atoms with van der Waals surface area (Å²) in [6.45, 7) is 5.07. The fourth-order valence-corrected chi connectivity index (χ4v) is 2.46. The lowest BCUT2D eigenvalue weighted by Gasteiger charge is -2.06. The molecule has 1 aromatic heterocycles. The molecule has 2 aromatic carbocycles. The molecule has 2 N–H and O–H groups in total. The number of rotatable bonds is 6. The van der Waals surface area contributed by atoms with Crippen LogP contribution >= 0.6 is 0 Å². The maximum Gasteiger partial charge on any atom is 0.269 e. The van der Waals surface area contributed by atoms with Crippen LogP contribution < -0.4 is 10.1 Å². The molecule has 25 heavy (non-hydrogen) atoms. The molecule has 3 rings (SSSR count). The fraction of sp³-hybridized carbons (Fsp3) is 0.200. The largest absolute Gasteiger partial charge is 0.494 e. The summed E-state index contributed by atoms with van der Waals surface area (Å²) in [5, 5.41) is 9.91. The lowest BCUT2D eigenvalue weighted by Crippen LogP contribution is -2.23. The van der Waals surface area contributed by atoms with Crippen LogP contribution in [0.1, 0.15) is 28.5 Å². The second kappa shape index (κ2) is 7.66. The normalized spacial score (nSPS) is 10.5. The highest BCUT2D eigenvalue weighted by Gasteiger charge is 2.10. The number of H-pyrrole nitrogens is 1. The Balaban J connectivity index is 1.61. The Morgan fingerprint density at radius 1 is 1.12 bits per heavy atom. The van der Waals surface area contributed by atoms with Crippen LogP contribution in [0.2, 0.25) is 0 Å². The molecule has 0 fully saturated rings. The molecule has 0 atom stereocenters. The summed E-state index contributed by atoms with van der Waals surface area (Å²) in [4.78, 5) is 12.3. The maximum atomic E-state index is 12.3. The predicted molar refractivity (Wildman–Crippen MR) is 97.5 cm³/mol. The predicted octanol–water partition coefficient (Wildman–Crippen LogP) is 3.71. The van der Waals surface area contributed by atoms with Crippen LogP contribution in [0, 0.1) is 6.92 Å². The average molecular weight is 335 g/mol. The van der Waals surface area contributed by atoms with Gasteiger partial charge in [-0.1, -0.05) is 42.0 Å². The smallest absolute Gasteiger partial charge is 0.269 e. The zero-order valence-electron chi connectivity index (χ0n) is 14.4. The SMILES string of the molecule is CCOc1ccc(CNC(=O)c2cc(-c3ccc(C)cc3)n[nH]2)cc1. The highest BCUT2D eigenvalue weighted by Crippen LogP contribution is 2.18. The molecule has 0 unspecified atom stereocenters. The summed E-state index contributed by atoms with van der Waals surface area (Å²) in [7, 11) is 0. The number of aromatic amines is 1. The lowest BCUT2D eigenvalue weighted by molar-refractivity contribution is 0.0946. The number of hydrogen-bond acceptors (Lipinski definition) is 3. The van der Waals surface area contributed by atoms with Crippen LogP contribution in [0.3, 0.4) is 0 Å². The van der Waals surface area contributed by atoms with Gasteiger partial charge < -0.3 is 10.1 Å². The van der Waals surface area contributed by atoms with Crippen LogP contribution in [0.4, 0.5) is 0 Å². The van der Waals surface area contributed by atoms with Crippen molar-refractivity contribution in [2.45, 2.75) is 20.4 Å². The molecule has 0 radical (unpaired) electrons. The third kappa shape index (κ3) is 4.26. The van der Waals surface area contributed by atoms with Crippen LogP contribution in [0.5, 0.6) is 5.75 Å². The van der Waals surface area contributed by atoms with Crippen molar-refractivity contribution in [1.29, 1.82) is 0 Å². The van der Waals surface area contributed by atoms with Gasteiger partial charge in [0.05, 0.1) is 12.3 Å². The van der Waals surface area contributed by atoms with E-state index in [1.165, 1.54) is 5.56 Å². The van der Waals surface area contributed by atoms with E-state index in [0.717, 1.165) is 22.6 Å². The number of benzene rings is 2. The molecule has 0 saturated heterocycles. The van der Waals surface area contributed by atoms with Gasteiger partial charge in [0.2, 0.25) is 0 Å². The van der Waals surface area contributed by atoms with Crippen molar-refractivity contribution < 1.29 is 9.53 Å². The molecule has 3 aromatic rings. The number of ether oxygens (including phenoxy) is 1. The average Bonchev–Trinajstić information content (AvgIpc) is 3.12. The minimum Gasteiger partial charge on any atom is -0.494 e. The minimum atomic E-state index is -0.181. The highest BCUT2D eigenvalue weighted by atomic mass is 16.5. The van der Waals surface area contributed by atoms with E-state index >= 15 is 0 Å². The summed E-state index contributed by atoms with van der Waals surface area (Å²) in [6.07, 6.45) is 0. The van der Waals surface area contributed by atoms with Crippen molar-refractivity contribution in [3.8, 4) is 17.0 Å². The van der Waals surface area contributed by atoms with Gasteiger partial charge in [0.15, 0.2) is 0 Å². The number of carbonyl (C=O) groups excluding carboxylic acids is 1. The van der Waals surface area contributed by atoms with E-state index in [1.807, 2.05) is 62.4 Å². The summed E-state index contributed by atoms with van der Waals surface area (Å²) in [5.74, 6) is 0.647. The number of nitrogens with zero attached hydrogens (tertiary/aromatic N) is 1. The monoisotopic (exact) mass is 335 g/mol. The van der Waals surface area contributed by atoms with E-state index in [4.69, 9.17) is 4.74 Å². The second-order valence-electron chi connectivity index (χ2n) is 5.79. The summed E-state index contributed by atoms with van der Waals surface area (Å²) >= 11 is 0. The van der Waals surface area contributed by atoms with Crippen molar-refractivity contribution in [2.24, 2.45) is 0 Å². The van der Waals surface area contributed by atoms with E-state index in [1.54, 1.807) is 6.07 Å². The standard InChI is InChI=1S/C20H21N3O2/c1-3-25-17-10-6-15(7-11-17)13-21-20(24)19-12-18(22-23-19)16-8-4-14(2)5-9-16/h4-12H,3,13H2,1-2H3,(H,21,24)(H,22,23). The first kappa shape index (κ1) is 16.8. The van der Waals surface area contributed by atoms with Crippen LogP contribution in [-0.2, 0) is 6.54 Å². The minimum absolute atomic E-state index is 0.181. The number of hydrogen-bond donors (Lipinski definition) is 2. The number of carbonyl (C=O) groups is 1. The topological polar surface area (TPSA) is 67.0 Å². The van der Waals surface area contributed by atoms with Gasteiger partial charge in [-0.25, -0.2) is 0 Å². The number of amides is 1. The molecule has 0 spiro atoms. The Kier molecular flexibility index (Phi) is 5.14. The first-order valence-corrected chi connectivity index (χ1v) is 8.28. The molecule has 0 bridgehead atoms. The molecular weight excluding hydrogens is 314 g/mol. The first-order chi connectivity index (χ1) is 12.2. The summed E-state index contributed by atoms with van der Waals surface area (Å²) in [5.41, 5.74) is 4.38. The van der Waals surface area contributed by atoms with Gasteiger partial charge in [-0.2, -0.15) is 5.10 Å². The summed E-state index contributed by atoms with van der Waals surface area (Å²) < 4.78 is 5.41.